The smallest absolute Gasteiger partial charge is 0.279 e. The summed E-state index contributed by atoms with van der Waals surface area (Å²) in [7, 11) is 0. The Labute approximate surface area is 118 Å². The number of halogens is 2. The van der Waals surface area contributed by atoms with Crippen molar-refractivity contribution < 1.29 is 9.13 Å². The van der Waals surface area contributed by atoms with Crippen molar-refractivity contribution >= 4 is 33.2 Å². The average Bonchev–Trinajstić information content (AvgIpc) is 2.81. The molecule has 0 saturated heterocycles. The molecule has 0 unspecified atom stereocenters. The number of hydrogen-bond acceptors (Lipinski definition) is 3. The van der Waals surface area contributed by atoms with E-state index < -0.39 is 0 Å². The zero-order chi connectivity index (χ0) is 13.2. The molecule has 0 aliphatic heterocycles. The van der Waals surface area contributed by atoms with Gasteiger partial charge in [0.1, 0.15) is 11.6 Å². The van der Waals surface area contributed by atoms with Gasteiger partial charge in [0.05, 0.1) is 10.2 Å². The largest absolute Gasteiger partial charge is 0.431 e. The first-order valence-corrected chi connectivity index (χ1v) is 6.98. The van der Waals surface area contributed by atoms with Crippen LogP contribution in [0, 0.1) is 5.82 Å². The fraction of sp³-hybridized carbons (Fsp3) is 0.0714. The Balaban J connectivity index is 1.87. The number of thiazole rings is 1. The van der Waals surface area contributed by atoms with Crippen LogP contribution >= 0.6 is 22.9 Å². The Morgan fingerprint density at radius 3 is 2.68 bits per heavy atom. The molecule has 0 atom stereocenters. The molecule has 0 N–H and O–H groups in total. The maximum Gasteiger partial charge on any atom is 0.279 e. The Kier molecular flexibility index (Phi) is 3.36. The van der Waals surface area contributed by atoms with E-state index >= 15 is 0 Å². The molecule has 1 aromatic heterocycles. The van der Waals surface area contributed by atoms with Crippen molar-refractivity contribution in [1.82, 2.24) is 4.98 Å². The van der Waals surface area contributed by atoms with Crippen LogP contribution in [0.25, 0.3) is 10.2 Å². The quantitative estimate of drug-likeness (QED) is 0.636. The van der Waals surface area contributed by atoms with Crippen molar-refractivity contribution in [3.63, 3.8) is 0 Å². The van der Waals surface area contributed by atoms with Crippen LogP contribution in [-0.2, 0) is 5.88 Å². The van der Waals surface area contributed by atoms with Crippen LogP contribution in [0.2, 0.25) is 0 Å². The van der Waals surface area contributed by atoms with Gasteiger partial charge in [0.15, 0.2) is 0 Å². The fourth-order valence-electron chi connectivity index (χ4n) is 1.67. The molecule has 0 bridgehead atoms. The van der Waals surface area contributed by atoms with Gasteiger partial charge in [-0.25, -0.2) is 9.37 Å². The molecular weight excluding hydrogens is 285 g/mol. The number of hydrogen-bond donors (Lipinski definition) is 0. The second-order valence-electron chi connectivity index (χ2n) is 3.97. The van der Waals surface area contributed by atoms with E-state index in [1.807, 2.05) is 24.3 Å². The van der Waals surface area contributed by atoms with Crippen LogP contribution in [0.3, 0.4) is 0 Å². The van der Waals surface area contributed by atoms with Crippen molar-refractivity contribution in [2.45, 2.75) is 5.88 Å². The molecule has 3 aromatic rings. The van der Waals surface area contributed by atoms with Crippen molar-refractivity contribution in [2.24, 2.45) is 0 Å². The zero-order valence-corrected chi connectivity index (χ0v) is 11.3. The third kappa shape index (κ3) is 2.69. The second-order valence-corrected chi connectivity index (χ2v) is 5.23. The SMILES string of the molecule is Fc1ccc2nc(Oc3ccc(CCl)cc3)sc2c1. The molecule has 3 rings (SSSR count). The van der Waals surface area contributed by atoms with Crippen LogP contribution in [0.5, 0.6) is 10.9 Å². The molecule has 19 heavy (non-hydrogen) atoms. The maximum absolute atomic E-state index is 13.1. The van der Waals surface area contributed by atoms with Gasteiger partial charge in [0.25, 0.3) is 5.19 Å². The van der Waals surface area contributed by atoms with E-state index in [2.05, 4.69) is 4.98 Å². The first-order chi connectivity index (χ1) is 9.24. The van der Waals surface area contributed by atoms with E-state index in [-0.39, 0.29) is 5.82 Å². The van der Waals surface area contributed by atoms with E-state index in [0.717, 1.165) is 15.8 Å². The van der Waals surface area contributed by atoms with Crippen molar-refractivity contribution in [3.05, 3.63) is 53.8 Å². The molecule has 0 fully saturated rings. The summed E-state index contributed by atoms with van der Waals surface area (Å²) in [6, 6.07) is 12.0. The zero-order valence-electron chi connectivity index (χ0n) is 9.77. The van der Waals surface area contributed by atoms with E-state index in [1.54, 1.807) is 6.07 Å². The van der Waals surface area contributed by atoms with Gasteiger partial charge >= 0.3 is 0 Å². The highest BCUT2D eigenvalue weighted by Gasteiger charge is 2.06. The normalized spacial score (nSPS) is 10.8. The van der Waals surface area contributed by atoms with E-state index in [0.29, 0.717) is 16.8 Å². The van der Waals surface area contributed by atoms with Crippen molar-refractivity contribution in [1.29, 1.82) is 0 Å². The van der Waals surface area contributed by atoms with Gasteiger partial charge in [0, 0.05) is 5.88 Å². The number of ether oxygens (including phenoxy) is 1. The highest BCUT2D eigenvalue weighted by atomic mass is 35.5. The second kappa shape index (κ2) is 5.15. The number of alkyl halides is 1. The monoisotopic (exact) mass is 293 g/mol. The number of benzene rings is 2. The maximum atomic E-state index is 13.1. The molecule has 0 saturated carbocycles. The molecule has 0 aliphatic rings. The van der Waals surface area contributed by atoms with Crippen molar-refractivity contribution in [3.8, 4) is 10.9 Å². The molecular formula is C14H9ClFNOS. The van der Waals surface area contributed by atoms with Crippen LogP contribution < -0.4 is 4.74 Å². The molecule has 0 aliphatic carbocycles. The molecule has 96 valence electrons. The Hall–Kier alpha value is -1.65. The average molecular weight is 294 g/mol. The van der Waals surface area contributed by atoms with E-state index in [4.69, 9.17) is 16.3 Å². The number of nitrogens with zero attached hydrogens (tertiary/aromatic N) is 1. The minimum Gasteiger partial charge on any atom is -0.431 e. The summed E-state index contributed by atoms with van der Waals surface area (Å²) < 4.78 is 19.5. The van der Waals surface area contributed by atoms with Gasteiger partial charge < -0.3 is 4.74 Å². The van der Waals surface area contributed by atoms with Crippen molar-refractivity contribution in [2.75, 3.05) is 0 Å². The summed E-state index contributed by atoms with van der Waals surface area (Å²) in [4.78, 5) is 4.30. The van der Waals surface area contributed by atoms with Gasteiger partial charge in [-0.2, -0.15) is 0 Å². The number of aromatic nitrogens is 1. The van der Waals surface area contributed by atoms with E-state index in [9.17, 15) is 4.39 Å². The van der Waals surface area contributed by atoms with Gasteiger partial charge in [-0.3, -0.25) is 0 Å². The first-order valence-electron chi connectivity index (χ1n) is 5.63. The summed E-state index contributed by atoms with van der Waals surface area (Å²) >= 11 is 7.04. The molecule has 1 heterocycles. The van der Waals surface area contributed by atoms with Crippen LogP contribution in [-0.4, -0.2) is 4.98 Å². The number of fused-ring (bicyclic) bond motifs is 1. The lowest BCUT2D eigenvalue weighted by Crippen LogP contribution is -1.83. The molecule has 2 aromatic carbocycles. The van der Waals surface area contributed by atoms with Crippen LogP contribution in [0.15, 0.2) is 42.5 Å². The minimum atomic E-state index is -0.269. The van der Waals surface area contributed by atoms with E-state index in [1.165, 1.54) is 23.5 Å². The lowest BCUT2D eigenvalue weighted by molar-refractivity contribution is 0.480. The third-order valence-electron chi connectivity index (χ3n) is 2.61. The summed E-state index contributed by atoms with van der Waals surface area (Å²) in [6.07, 6.45) is 0. The highest BCUT2D eigenvalue weighted by Crippen LogP contribution is 2.31. The molecule has 0 spiro atoms. The fourth-order valence-corrected chi connectivity index (χ4v) is 2.71. The van der Waals surface area contributed by atoms with Crippen LogP contribution in [0.1, 0.15) is 5.56 Å². The summed E-state index contributed by atoms with van der Waals surface area (Å²) in [5.74, 6) is 0.892. The Morgan fingerprint density at radius 1 is 1.16 bits per heavy atom. The van der Waals surface area contributed by atoms with Gasteiger partial charge in [-0.15, -0.1) is 11.6 Å². The Bertz CT molecular complexity index is 711. The lowest BCUT2D eigenvalue weighted by atomic mass is 10.2. The van der Waals surface area contributed by atoms with Gasteiger partial charge in [-0.1, -0.05) is 23.5 Å². The third-order valence-corrected chi connectivity index (χ3v) is 3.82. The van der Waals surface area contributed by atoms with Crippen LogP contribution in [0.4, 0.5) is 4.39 Å². The first kappa shape index (κ1) is 12.4. The molecule has 0 radical (unpaired) electrons. The number of rotatable bonds is 3. The lowest BCUT2D eigenvalue weighted by Gasteiger charge is -2.01. The highest BCUT2D eigenvalue weighted by molar-refractivity contribution is 7.20. The molecule has 0 amide bonds. The Morgan fingerprint density at radius 2 is 1.95 bits per heavy atom. The minimum absolute atomic E-state index is 0.269. The topological polar surface area (TPSA) is 22.1 Å². The standard InChI is InChI=1S/C14H9ClFNOS/c15-8-9-1-4-11(5-2-9)18-14-17-12-6-3-10(16)7-13(12)19-14/h1-7H,8H2. The summed E-state index contributed by atoms with van der Waals surface area (Å²) in [5, 5.41) is 0.499. The summed E-state index contributed by atoms with van der Waals surface area (Å²) in [6.45, 7) is 0. The molecule has 2 nitrogen and oxygen atoms in total. The van der Waals surface area contributed by atoms with Gasteiger partial charge in [-0.05, 0) is 35.9 Å². The predicted octanol–water partition coefficient (Wildman–Crippen LogP) is 4.97. The van der Waals surface area contributed by atoms with Gasteiger partial charge in [0.2, 0.25) is 0 Å². The molecule has 5 heteroatoms. The summed E-state index contributed by atoms with van der Waals surface area (Å²) in [5.41, 5.74) is 1.76. The predicted molar refractivity (Wildman–Crippen MR) is 75.7 cm³/mol.